The van der Waals surface area contributed by atoms with Gasteiger partial charge in [-0.1, -0.05) is 0 Å². The predicted molar refractivity (Wildman–Crippen MR) is 110 cm³/mol. The molecule has 0 spiro atoms. The molecule has 1 saturated heterocycles. The molecule has 0 unspecified atom stereocenters. The Bertz CT molecular complexity index is 1100. The molecule has 152 valence electrons. The Balaban J connectivity index is 1.56. The van der Waals surface area contributed by atoms with Gasteiger partial charge < -0.3 is 14.6 Å². The highest BCUT2D eigenvalue weighted by Gasteiger charge is 2.18. The second-order valence-electron chi connectivity index (χ2n) is 7.44. The topological polar surface area (TPSA) is 91.0 Å². The number of rotatable bonds is 5. The molecule has 4 heterocycles. The smallest absolute Gasteiger partial charge is 0.261 e. The fraction of sp³-hybridized carbons (Fsp3) is 0.429. The first-order valence-electron chi connectivity index (χ1n) is 9.97. The fourth-order valence-corrected chi connectivity index (χ4v) is 3.68. The number of anilines is 1. The molecule has 1 N–H and O–H groups in total. The first-order valence-corrected chi connectivity index (χ1v) is 9.97. The standard InChI is InChI=1S/C21H25N5O3/c1-3-25-13-18(19(27)17-5-4-14(2)23-20(17)25)21(28)24-16-10-22-26(12-16)11-15-6-8-29-9-7-15/h4-5,10,12-13,15H,3,6-9,11H2,1-2H3,(H,24,28). The highest BCUT2D eigenvalue weighted by molar-refractivity contribution is 6.05. The minimum absolute atomic E-state index is 0.0992. The van der Waals surface area contributed by atoms with Crippen molar-refractivity contribution in [1.29, 1.82) is 0 Å². The molecule has 1 fully saturated rings. The van der Waals surface area contributed by atoms with Crippen LogP contribution >= 0.6 is 0 Å². The number of amides is 1. The van der Waals surface area contributed by atoms with E-state index in [1.165, 1.54) is 0 Å². The monoisotopic (exact) mass is 395 g/mol. The van der Waals surface area contributed by atoms with E-state index in [1.54, 1.807) is 30.7 Å². The minimum atomic E-state index is -0.440. The van der Waals surface area contributed by atoms with Gasteiger partial charge in [-0.25, -0.2) is 4.98 Å². The molecule has 1 aliphatic heterocycles. The number of hydrogen-bond acceptors (Lipinski definition) is 5. The van der Waals surface area contributed by atoms with E-state index >= 15 is 0 Å². The molecule has 0 aromatic carbocycles. The zero-order valence-electron chi connectivity index (χ0n) is 16.7. The summed E-state index contributed by atoms with van der Waals surface area (Å²) >= 11 is 0. The highest BCUT2D eigenvalue weighted by Crippen LogP contribution is 2.18. The molecule has 0 bridgehead atoms. The molecule has 1 amide bonds. The molecule has 29 heavy (non-hydrogen) atoms. The average Bonchev–Trinajstić information content (AvgIpc) is 3.15. The van der Waals surface area contributed by atoms with E-state index in [4.69, 9.17) is 4.74 Å². The third-order valence-electron chi connectivity index (χ3n) is 5.32. The lowest BCUT2D eigenvalue weighted by molar-refractivity contribution is 0.0601. The van der Waals surface area contributed by atoms with Crippen LogP contribution in [0.1, 0.15) is 35.8 Å². The predicted octanol–water partition coefficient (Wildman–Crippen LogP) is 2.60. The van der Waals surface area contributed by atoms with Crippen molar-refractivity contribution in [1.82, 2.24) is 19.3 Å². The summed E-state index contributed by atoms with van der Waals surface area (Å²) in [5.41, 5.74) is 1.78. The van der Waals surface area contributed by atoms with E-state index in [0.717, 1.165) is 38.3 Å². The van der Waals surface area contributed by atoms with Gasteiger partial charge in [0.2, 0.25) is 5.43 Å². The Morgan fingerprint density at radius 2 is 2.07 bits per heavy atom. The van der Waals surface area contributed by atoms with E-state index < -0.39 is 5.91 Å². The number of carbonyl (C=O) groups excluding carboxylic acids is 1. The molecular formula is C21H25N5O3. The van der Waals surface area contributed by atoms with Crippen molar-refractivity contribution in [3.8, 4) is 0 Å². The summed E-state index contributed by atoms with van der Waals surface area (Å²) in [7, 11) is 0. The van der Waals surface area contributed by atoms with Crippen LogP contribution in [0.3, 0.4) is 0 Å². The molecule has 3 aromatic heterocycles. The lowest BCUT2D eigenvalue weighted by atomic mass is 10.0. The van der Waals surface area contributed by atoms with Gasteiger partial charge in [0.15, 0.2) is 0 Å². The van der Waals surface area contributed by atoms with Gasteiger partial charge in [0.1, 0.15) is 11.2 Å². The molecule has 8 heteroatoms. The van der Waals surface area contributed by atoms with Crippen LogP contribution < -0.4 is 10.7 Å². The summed E-state index contributed by atoms with van der Waals surface area (Å²) < 4.78 is 9.05. The summed E-state index contributed by atoms with van der Waals surface area (Å²) in [5.74, 6) is 0.0886. The van der Waals surface area contributed by atoms with Gasteiger partial charge in [-0.15, -0.1) is 0 Å². The first kappa shape index (κ1) is 19.3. The summed E-state index contributed by atoms with van der Waals surface area (Å²) in [5, 5.41) is 7.59. The fourth-order valence-electron chi connectivity index (χ4n) is 3.68. The van der Waals surface area contributed by atoms with Crippen molar-refractivity contribution in [3.05, 3.63) is 52.2 Å². The quantitative estimate of drug-likeness (QED) is 0.717. The Morgan fingerprint density at radius 3 is 2.83 bits per heavy atom. The lowest BCUT2D eigenvalue weighted by Crippen LogP contribution is -2.24. The number of hydrogen-bond donors (Lipinski definition) is 1. The number of carbonyl (C=O) groups is 1. The molecule has 0 aliphatic carbocycles. The Labute approximate surface area is 168 Å². The van der Waals surface area contributed by atoms with Crippen LogP contribution in [0, 0.1) is 12.8 Å². The number of nitrogens with zero attached hydrogens (tertiary/aromatic N) is 4. The van der Waals surface area contributed by atoms with Crippen LogP contribution in [0.5, 0.6) is 0 Å². The van der Waals surface area contributed by atoms with Crippen molar-refractivity contribution in [2.24, 2.45) is 5.92 Å². The summed E-state index contributed by atoms with van der Waals surface area (Å²) in [6, 6.07) is 3.51. The maximum absolute atomic E-state index is 12.9. The largest absolute Gasteiger partial charge is 0.381 e. The molecule has 4 rings (SSSR count). The molecule has 0 atom stereocenters. The van der Waals surface area contributed by atoms with Gasteiger partial charge in [-0.2, -0.15) is 5.10 Å². The van der Waals surface area contributed by atoms with Crippen molar-refractivity contribution >= 4 is 22.6 Å². The third-order valence-corrected chi connectivity index (χ3v) is 5.32. The van der Waals surface area contributed by atoms with E-state index in [9.17, 15) is 9.59 Å². The van der Waals surface area contributed by atoms with Crippen molar-refractivity contribution < 1.29 is 9.53 Å². The Hall–Kier alpha value is -3.00. The van der Waals surface area contributed by atoms with Gasteiger partial charge in [0.25, 0.3) is 5.91 Å². The maximum Gasteiger partial charge on any atom is 0.261 e. The van der Waals surface area contributed by atoms with Crippen LogP contribution in [0.2, 0.25) is 0 Å². The number of nitrogens with one attached hydrogen (secondary N) is 1. The minimum Gasteiger partial charge on any atom is -0.381 e. The second-order valence-corrected chi connectivity index (χ2v) is 7.44. The third kappa shape index (κ3) is 4.07. The van der Waals surface area contributed by atoms with Gasteiger partial charge >= 0.3 is 0 Å². The van der Waals surface area contributed by atoms with E-state index in [2.05, 4.69) is 15.4 Å². The number of pyridine rings is 2. The number of fused-ring (bicyclic) bond motifs is 1. The zero-order valence-corrected chi connectivity index (χ0v) is 16.7. The molecule has 1 aliphatic rings. The average molecular weight is 395 g/mol. The second kappa shape index (κ2) is 8.16. The Morgan fingerprint density at radius 1 is 1.28 bits per heavy atom. The summed E-state index contributed by atoms with van der Waals surface area (Å²) in [6.45, 7) is 6.81. The van der Waals surface area contributed by atoms with Gasteiger partial charge in [-0.05, 0) is 44.7 Å². The van der Waals surface area contributed by atoms with Crippen LogP contribution in [0.15, 0.2) is 35.5 Å². The van der Waals surface area contributed by atoms with E-state index in [1.807, 2.05) is 23.1 Å². The molecule has 8 nitrogen and oxygen atoms in total. The van der Waals surface area contributed by atoms with E-state index in [0.29, 0.717) is 29.2 Å². The summed E-state index contributed by atoms with van der Waals surface area (Å²) in [6.07, 6.45) is 7.03. The zero-order chi connectivity index (χ0) is 20.4. The van der Waals surface area contributed by atoms with Crippen LogP contribution in [-0.4, -0.2) is 38.5 Å². The molecular weight excluding hydrogens is 370 g/mol. The lowest BCUT2D eigenvalue weighted by Gasteiger charge is -2.21. The van der Waals surface area contributed by atoms with E-state index in [-0.39, 0.29) is 11.0 Å². The number of aryl methyl sites for hydroxylation is 2. The van der Waals surface area contributed by atoms with Crippen LogP contribution in [0.4, 0.5) is 5.69 Å². The molecule has 3 aromatic rings. The van der Waals surface area contributed by atoms with Gasteiger partial charge in [-0.3, -0.25) is 14.3 Å². The van der Waals surface area contributed by atoms with Gasteiger partial charge in [0.05, 0.1) is 17.3 Å². The van der Waals surface area contributed by atoms with Gasteiger partial charge in [0, 0.05) is 44.4 Å². The van der Waals surface area contributed by atoms with Crippen LogP contribution in [0.25, 0.3) is 11.0 Å². The van der Waals surface area contributed by atoms with Crippen LogP contribution in [-0.2, 0) is 17.8 Å². The maximum atomic E-state index is 12.9. The molecule has 0 saturated carbocycles. The van der Waals surface area contributed by atoms with Crippen molar-refractivity contribution in [3.63, 3.8) is 0 Å². The first-order chi connectivity index (χ1) is 14.0. The number of aromatic nitrogens is 4. The summed E-state index contributed by atoms with van der Waals surface area (Å²) in [4.78, 5) is 30.1. The number of ether oxygens (including phenoxy) is 1. The van der Waals surface area contributed by atoms with Crippen molar-refractivity contribution in [2.75, 3.05) is 18.5 Å². The van der Waals surface area contributed by atoms with Crippen molar-refractivity contribution in [2.45, 2.75) is 39.8 Å². The highest BCUT2D eigenvalue weighted by atomic mass is 16.5. The Kier molecular flexibility index (Phi) is 5.44. The SMILES string of the molecule is CCn1cc(C(=O)Nc2cnn(CC3CCOCC3)c2)c(=O)c2ccc(C)nc21. The molecule has 0 radical (unpaired) electrons. The normalized spacial score (nSPS) is 15.0.